The Kier molecular flexibility index (Phi) is 6.36. The van der Waals surface area contributed by atoms with Gasteiger partial charge in [0.2, 0.25) is 0 Å². The van der Waals surface area contributed by atoms with Crippen molar-refractivity contribution >= 4 is 33.1 Å². The molecule has 3 aromatic rings. The van der Waals surface area contributed by atoms with E-state index in [1.165, 1.54) is 19.3 Å². The van der Waals surface area contributed by atoms with E-state index in [4.69, 9.17) is 18.9 Å². The van der Waals surface area contributed by atoms with E-state index in [0.29, 0.717) is 41.1 Å². The largest absolute Gasteiger partial charge is 0.493 e. The highest BCUT2D eigenvalue weighted by atomic mass is 16.5. The molecule has 1 amide bonds. The zero-order chi connectivity index (χ0) is 24.7. The molecule has 1 atom stereocenters. The summed E-state index contributed by atoms with van der Waals surface area (Å²) >= 11 is 0. The molecule has 0 N–H and O–H groups in total. The summed E-state index contributed by atoms with van der Waals surface area (Å²) in [6, 6.07) is 8.41. The number of methoxy groups -OCH3 is 4. The number of nitrogens with zero attached hydrogens (tertiary/aromatic N) is 2. The minimum absolute atomic E-state index is 0.00637. The van der Waals surface area contributed by atoms with Crippen LogP contribution in [0.4, 0.5) is 5.69 Å². The summed E-state index contributed by atoms with van der Waals surface area (Å²) in [6.45, 7) is 5.11. The molecule has 5 rings (SSSR count). The fraction of sp³-hybridized carbons (Fsp3) is 0.464. The van der Waals surface area contributed by atoms with Gasteiger partial charge >= 0.3 is 0 Å². The van der Waals surface area contributed by atoms with Crippen LogP contribution in [0.5, 0.6) is 23.0 Å². The molecule has 7 nitrogen and oxygen atoms in total. The van der Waals surface area contributed by atoms with Crippen molar-refractivity contribution in [1.29, 1.82) is 0 Å². The van der Waals surface area contributed by atoms with Gasteiger partial charge in [-0.1, -0.05) is 6.42 Å². The molecule has 0 saturated carbocycles. The molecule has 7 heteroatoms. The molecule has 35 heavy (non-hydrogen) atoms. The molecular weight excluding hydrogens is 444 g/mol. The second-order valence-corrected chi connectivity index (χ2v) is 9.42. The maximum absolute atomic E-state index is 13.7. The smallest absolute Gasteiger partial charge is 0.259 e. The van der Waals surface area contributed by atoms with Crippen molar-refractivity contribution in [2.45, 2.75) is 38.6 Å². The number of hydrogen-bond donors (Lipinski definition) is 0. The maximum atomic E-state index is 13.7. The number of fused-ring (bicyclic) bond motifs is 2. The number of rotatable bonds is 8. The quantitative estimate of drug-likeness (QED) is 0.412. The third-order valence-electron chi connectivity index (χ3n) is 7.58. The molecular formula is C28H34N2O5. The Morgan fingerprint density at radius 1 is 0.857 bits per heavy atom. The molecule has 0 aromatic heterocycles. The van der Waals surface area contributed by atoms with Crippen LogP contribution in [0.3, 0.4) is 0 Å². The van der Waals surface area contributed by atoms with Crippen LogP contribution in [0.25, 0.3) is 21.5 Å². The number of carbonyl (C=O) groups excluding carboxylic acids is 1. The molecule has 0 radical (unpaired) electrons. The second-order valence-electron chi connectivity index (χ2n) is 9.42. The van der Waals surface area contributed by atoms with Crippen molar-refractivity contribution in [3.8, 4) is 23.0 Å². The van der Waals surface area contributed by atoms with Crippen LogP contribution in [0.2, 0.25) is 0 Å². The Balaban J connectivity index is 1.63. The Morgan fingerprint density at radius 3 is 2.29 bits per heavy atom. The minimum atomic E-state index is 0.00637. The Hall–Kier alpha value is -3.19. The zero-order valence-electron chi connectivity index (χ0n) is 21.3. The van der Waals surface area contributed by atoms with Crippen LogP contribution in [-0.2, 0) is 0 Å². The van der Waals surface area contributed by atoms with Gasteiger partial charge in [-0.05, 0) is 67.8 Å². The van der Waals surface area contributed by atoms with Crippen molar-refractivity contribution in [3.63, 3.8) is 0 Å². The first-order chi connectivity index (χ1) is 17.0. The predicted octanol–water partition coefficient (Wildman–Crippen LogP) is 5.25. The lowest BCUT2D eigenvalue weighted by molar-refractivity contribution is 0.0989. The zero-order valence-corrected chi connectivity index (χ0v) is 21.3. The standard InChI is InChI=1S/C28H34N2O5/c1-17-9-6-7-10-29(17)11-8-12-30-21-13-18-14-22(32-2)23(33-3)15-19(18)26-25(21)20(28(30)31)16-24(34-4)27(26)35-5/h13-17H,6-12H2,1-5H3. The normalized spacial score (nSPS) is 17.9. The maximum Gasteiger partial charge on any atom is 0.259 e. The average molecular weight is 479 g/mol. The Labute approximate surface area is 206 Å². The lowest BCUT2D eigenvalue weighted by Crippen LogP contribution is -2.39. The van der Waals surface area contributed by atoms with Crippen molar-refractivity contribution < 1.29 is 23.7 Å². The molecule has 2 heterocycles. The van der Waals surface area contributed by atoms with E-state index < -0.39 is 0 Å². The van der Waals surface area contributed by atoms with Gasteiger partial charge in [0.1, 0.15) is 0 Å². The highest BCUT2D eigenvalue weighted by Crippen LogP contribution is 2.50. The summed E-state index contributed by atoms with van der Waals surface area (Å²) in [4.78, 5) is 18.2. The van der Waals surface area contributed by atoms with Gasteiger partial charge in [-0.2, -0.15) is 0 Å². The van der Waals surface area contributed by atoms with Crippen LogP contribution in [0, 0.1) is 0 Å². The van der Waals surface area contributed by atoms with Crippen LogP contribution in [-0.4, -0.2) is 64.9 Å². The van der Waals surface area contributed by atoms with Crippen LogP contribution in [0.1, 0.15) is 43.0 Å². The van der Waals surface area contributed by atoms with E-state index in [0.717, 1.165) is 46.7 Å². The van der Waals surface area contributed by atoms with Gasteiger partial charge in [0.05, 0.1) is 39.7 Å². The first kappa shape index (κ1) is 23.5. The summed E-state index contributed by atoms with van der Waals surface area (Å²) < 4.78 is 22.6. The van der Waals surface area contributed by atoms with Gasteiger partial charge < -0.3 is 28.7 Å². The van der Waals surface area contributed by atoms with E-state index >= 15 is 0 Å². The minimum Gasteiger partial charge on any atom is -0.493 e. The van der Waals surface area contributed by atoms with E-state index in [2.05, 4.69) is 17.9 Å². The molecule has 0 aliphatic carbocycles. The lowest BCUT2D eigenvalue weighted by Gasteiger charge is -2.33. The molecule has 2 aliphatic rings. The molecule has 0 spiro atoms. The number of hydrogen-bond acceptors (Lipinski definition) is 6. The molecule has 1 unspecified atom stereocenters. The summed E-state index contributed by atoms with van der Waals surface area (Å²) in [5.41, 5.74) is 1.56. The van der Waals surface area contributed by atoms with E-state index in [1.54, 1.807) is 28.4 Å². The first-order valence-electron chi connectivity index (χ1n) is 12.4. The monoisotopic (exact) mass is 478 g/mol. The van der Waals surface area contributed by atoms with E-state index in [1.807, 2.05) is 23.1 Å². The fourth-order valence-corrected chi connectivity index (χ4v) is 5.75. The summed E-state index contributed by atoms with van der Waals surface area (Å²) in [7, 11) is 6.48. The third kappa shape index (κ3) is 3.82. The lowest BCUT2D eigenvalue weighted by atomic mass is 9.96. The van der Waals surface area contributed by atoms with E-state index in [9.17, 15) is 4.79 Å². The predicted molar refractivity (Wildman–Crippen MR) is 139 cm³/mol. The number of anilines is 1. The van der Waals surface area contributed by atoms with Gasteiger partial charge in [0.15, 0.2) is 23.0 Å². The molecule has 0 bridgehead atoms. The van der Waals surface area contributed by atoms with Crippen LogP contribution >= 0.6 is 0 Å². The van der Waals surface area contributed by atoms with Crippen LogP contribution in [0.15, 0.2) is 24.3 Å². The SMILES string of the molecule is COc1cc2cc3c4c(cc(OC)c(OC)c4c2cc1OC)C(=O)N3CCCN1CCCCC1C. The number of amides is 1. The van der Waals surface area contributed by atoms with Crippen molar-refractivity contribution in [3.05, 3.63) is 29.8 Å². The molecule has 1 saturated heterocycles. The topological polar surface area (TPSA) is 60.5 Å². The van der Waals surface area contributed by atoms with Crippen LogP contribution < -0.4 is 23.8 Å². The average Bonchev–Trinajstić information content (AvgIpc) is 3.14. The first-order valence-corrected chi connectivity index (χ1v) is 12.4. The van der Waals surface area contributed by atoms with Gasteiger partial charge in [-0.3, -0.25) is 4.79 Å². The summed E-state index contributed by atoms with van der Waals surface area (Å²) in [6.07, 6.45) is 4.74. The number of ether oxygens (including phenoxy) is 4. The summed E-state index contributed by atoms with van der Waals surface area (Å²) in [5.74, 6) is 2.43. The van der Waals surface area contributed by atoms with E-state index in [-0.39, 0.29) is 5.91 Å². The summed E-state index contributed by atoms with van der Waals surface area (Å²) in [5, 5.41) is 3.64. The van der Waals surface area contributed by atoms with Crippen molar-refractivity contribution in [1.82, 2.24) is 4.90 Å². The highest BCUT2D eigenvalue weighted by Gasteiger charge is 2.34. The number of benzene rings is 3. The number of likely N-dealkylation sites (tertiary alicyclic amines) is 1. The highest BCUT2D eigenvalue weighted by molar-refractivity contribution is 6.31. The van der Waals surface area contributed by atoms with Gasteiger partial charge in [-0.25, -0.2) is 0 Å². The van der Waals surface area contributed by atoms with Gasteiger partial charge in [0, 0.05) is 29.9 Å². The molecule has 186 valence electrons. The number of carbonyl (C=O) groups is 1. The van der Waals surface area contributed by atoms with Gasteiger partial charge in [0.25, 0.3) is 5.91 Å². The number of piperidine rings is 1. The fourth-order valence-electron chi connectivity index (χ4n) is 5.75. The van der Waals surface area contributed by atoms with Crippen molar-refractivity contribution in [2.24, 2.45) is 0 Å². The molecule has 2 aliphatic heterocycles. The Morgan fingerprint density at radius 2 is 1.60 bits per heavy atom. The Bertz CT molecular complexity index is 1290. The van der Waals surface area contributed by atoms with Crippen molar-refractivity contribution in [2.75, 3.05) is 53.0 Å². The third-order valence-corrected chi connectivity index (χ3v) is 7.58. The molecule has 3 aromatic carbocycles. The second kappa shape index (κ2) is 9.46. The molecule has 1 fully saturated rings. The van der Waals surface area contributed by atoms with Gasteiger partial charge in [-0.15, -0.1) is 0 Å².